The quantitative estimate of drug-likeness (QED) is 0.245. The van der Waals surface area contributed by atoms with E-state index in [-0.39, 0.29) is 0 Å². The maximum Gasteiger partial charge on any atom is 0.143 e. The van der Waals surface area contributed by atoms with E-state index < -0.39 is 0 Å². The predicted octanol–water partition coefficient (Wildman–Crippen LogP) is 7.73. The minimum atomic E-state index is 0.821. The SMILES string of the molecule is COc1cccc(-c2ccc3cc(OC)ccc3c2Oc2ccc(CCCN3CCCCC3)cc2)c1. The molecule has 36 heavy (non-hydrogen) atoms. The van der Waals surface area contributed by atoms with Crippen LogP contribution < -0.4 is 14.2 Å². The van der Waals surface area contributed by atoms with Gasteiger partial charge in [-0.25, -0.2) is 0 Å². The van der Waals surface area contributed by atoms with Crippen molar-refractivity contribution in [3.05, 3.63) is 84.4 Å². The van der Waals surface area contributed by atoms with Gasteiger partial charge in [-0.2, -0.15) is 0 Å². The summed E-state index contributed by atoms with van der Waals surface area (Å²) in [7, 11) is 3.38. The first-order valence-corrected chi connectivity index (χ1v) is 13.0. The molecule has 0 atom stereocenters. The van der Waals surface area contributed by atoms with Gasteiger partial charge in [0.05, 0.1) is 14.2 Å². The zero-order valence-corrected chi connectivity index (χ0v) is 21.3. The molecule has 0 spiro atoms. The minimum Gasteiger partial charge on any atom is -0.497 e. The molecule has 4 aromatic carbocycles. The molecule has 0 aromatic heterocycles. The molecule has 0 saturated carbocycles. The van der Waals surface area contributed by atoms with Crippen LogP contribution >= 0.6 is 0 Å². The van der Waals surface area contributed by atoms with Crippen LogP contribution in [0.1, 0.15) is 31.2 Å². The first-order chi connectivity index (χ1) is 17.7. The second kappa shape index (κ2) is 11.5. The Hall–Kier alpha value is -3.50. The first-order valence-electron chi connectivity index (χ1n) is 13.0. The van der Waals surface area contributed by atoms with Crippen molar-refractivity contribution in [2.45, 2.75) is 32.1 Å². The summed E-state index contributed by atoms with van der Waals surface area (Å²) in [5, 5.41) is 2.12. The van der Waals surface area contributed by atoms with E-state index in [1.54, 1.807) is 14.2 Å². The normalized spacial score (nSPS) is 14.1. The molecule has 0 radical (unpaired) electrons. The van der Waals surface area contributed by atoms with Crippen LogP contribution in [-0.2, 0) is 6.42 Å². The van der Waals surface area contributed by atoms with Crippen LogP contribution in [0.15, 0.2) is 78.9 Å². The summed E-state index contributed by atoms with van der Waals surface area (Å²) in [6.45, 7) is 3.72. The number of aryl methyl sites for hydroxylation is 1. The molecular formula is C32H35NO3. The van der Waals surface area contributed by atoms with Crippen molar-refractivity contribution in [1.29, 1.82) is 0 Å². The summed E-state index contributed by atoms with van der Waals surface area (Å²) in [6.07, 6.45) is 6.39. The number of nitrogens with zero attached hydrogens (tertiary/aromatic N) is 1. The average molecular weight is 482 g/mol. The van der Waals surface area contributed by atoms with Crippen LogP contribution in [0.4, 0.5) is 0 Å². The number of benzene rings is 4. The van der Waals surface area contributed by atoms with Crippen molar-refractivity contribution in [2.24, 2.45) is 0 Å². The molecule has 4 aromatic rings. The fraction of sp³-hybridized carbons (Fsp3) is 0.312. The van der Waals surface area contributed by atoms with Crippen molar-refractivity contribution in [2.75, 3.05) is 33.9 Å². The van der Waals surface area contributed by atoms with Crippen molar-refractivity contribution in [1.82, 2.24) is 4.90 Å². The molecule has 186 valence electrons. The Morgan fingerprint density at radius 2 is 1.47 bits per heavy atom. The van der Waals surface area contributed by atoms with Gasteiger partial charge in [-0.15, -0.1) is 0 Å². The minimum absolute atomic E-state index is 0.821. The summed E-state index contributed by atoms with van der Waals surface area (Å²) in [4.78, 5) is 2.61. The van der Waals surface area contributed by atoms with Crippen LogP contribution in [0.25, 0.3) is 21.9 Å². The van der Waals surface area contributed by atoms with E-state index >= 15 is 0 Å². The lowest BCUT2D eigenvalue weighted by Crippen LogP contribution is -2.30. The van der Waals surface area contributed by atoms with Crippen LogP contribution in [-0.4, -0.2) is 38.8 Å². The molecule has 0 N–H and O–H groups in total. The van der Waals surface area contributed by atoms with Crippen LogP contribution in [0.3, 0.4) is 0 Å². The van der Waals surface area contributed by atoms with Gasteiger partial charge in [-0.3, -0.25) is 0 Å². The number of piperidine rings is 1. The highest BCUT2D eigenvalue weighted by atomic mass is 16.5. The lowest BCUT2D eigenvalue weighted by Gasteiger charge is -2.26. The zero-order valence-electron chi connectivity index (χ0n) is 21.3. The monoisotopic (exact) mass is 481 g/mol. The van der Waals surface area contributed by atoms with Crippen LogP contribution in [0.5, 0.6) is 23.0 Å². The largest absolute Gasteiger partial charge is 0.497 e. The number of methoxy groups -OCH3 is 2. The molecule has 4 nitrogen and oxygen atoms in total. The van der Waals surface area contributed by atoms with Crippen LogP contribution in [0.2, 0.25) is 0 Å². The maximum absolute atomic E-state index is 6.59. The van der Waals surface area contributed by atoms with Gasteiger partial charge in [0.1, 0.15) is 23.0 Å². The van der Waals surface area contributed by atoms with Gasteiger partial charge in [-0.1, -0.05) is 36.8 Å². The summed E-state index contributed by atoms with van der Waals surface area (Å²) in [5.74, 6) is 3.32. The summed E-state index contributed by atoms with van der Waals surface area (Å²) in [5.41, 5.74) is 3.43. The van der Waals surface area contributed by atoms with E-state index in [2.05, 4.69) is 53.4 Å². The van der Waals surface area contributed by atoms with Gasteiger partial charge in [0.25, 0.3) is 0 Å². The Kier molecular flexibility index (Phi) is 7.73. The highest BCUT2D eigenvalue weighted by Gasteiger charge is 2.14. The first kappa shape index (κ1) is 24.2. The number of hydrogen-bond donors (Lipinski definition) is 0. The number of fused-ring (bicyclic) bond motifs is 1. The third-order valence-corrected chi connectivity index (χ3v) is 7.09. The van der Waals surface area contributed by atoms with Gasteiger partial charge in [0.15, 0.2) is 0 Å². The molecule has 5 rings (SSSR count). The van der Waals surface area contributed by atoms with E-state index in [1.165, 1.54) is 50.9 Å². The van der Waals surface area contributed by atoms with Gasteiger partial charge < -0.3 is 19.1 Å². The topological polar surface area (TPSA) is 30.9 Å². The molecule has 1 aliphatic heterocycles. The van der Waals surface area contributed by atoms with Crippen molar-refractivity contribution >= 4 is 10.8 Å². The lowest BCUT2D eigenvalue weighted by molar-refractivity contribution is 0.226. The smallest absolute Gasteiger partial charge is 0.143 e. The molecule has 0 unspecified atom stereocenters. The Labute approximate surface area is 214 Å². The van der Waals surface area contributed by atoms with E-state index in [0.717, 1.165) is 51.3 Å². The van der Waals surface area contributed by atoms with Gasteiger partial charge in [0, 0.05) is 10.9 Å². The molecular weight excluding hydrogens is 446 g/mol. The molecule has 1 saturated heterocycles. The lowest BCUT2D eigenvalue weighted by atomic mass is 9.99. The molecule has 0 amide bonds. The highest BCUT2D eigenvalue weighted by Crippen LogP contribution is 2.41. The summed E-state index contributed by atoms with van der Waals surface area (Å²) < 4.78 is 17.5. The molecule has 1 heterocycles. The summed E-state index contributed by atoms with van der Waals surface area (Å²) in [6, 6.07) is 27.0. The number of rotatable bonds is 9. The molecule has 4 heteroatoms. The molecule has 0 aliphatic carbocycles. The number of hydrogen-bond acceptors (Lipinski definition) is 4. The van der Waals surface area contributed by atoms with Gasteiger partial charge in [-0.05, 0) is 110 Å². The number of likely N-dealkylation sites (tertiary alicyclic amines) is 1. The maximum atomic E-state index is 6.59. The van der Waals surface area contributed by atoms with E-state index in [9.17, 15) is 0 Å². The second-order valence-electron chi connectivity index (χ2n) is 9.51. The molecule has 1 aliphatic rings. The van der Waals surface area contributed by atoms with Crippen molar-refractivity contribution in [3.8, 4) is 34.1 Å². The van der Waals surface area contributed by atoms with Gasteiger partial charge >= 0.3 is 0 Å². The fourth-order valence-corrected chi connectivity index (χ4v) is 5.07. The van der Waals surface area contributed by atoms with Crippen molar-refractivity contribution in [3.63, 3.8) is 0 Å². The average Bonchev–Trinajstić information content (AvgIpc) is 2.94. The third-order valence-electron chi connectivity index (χ3n) is 7.09. The van der Waals surface area contributed by atoms with Gasteiger partial charge in [0.2, 0.25) is 0 Å². The van der Waals surface area contributed by atoms with E-state index in [0.29, 0.717) is 0 Å². The fourth-order valence-electron chi connectivity index (χ4n) is 5.07. The van der Waals surface area contributed by atoms with Crippen LogP contribution in [0, 0.1) is 0 Å². The number of ether oxygens (including phenoxy) is 3. The second-order valence-corrected chi connectivity index (χ2v) is 9.51. The van der Waals surface area contributed by atoms with E-state index in [1.807, 2.05) is 30.3 Å². The third kappa shape index (κ3) is 5.66. The zero-order chi connectivity index (χ0) is 24.7. The Bertz CT molecular complexity index is 1290. The standard InChI is InChI=1S/C32H35NO3/c1-34-28-10-6-9-25(22-28)30-17-13-26-23-29(35-2)16-18-31(26)32(30)36-27-14-11-24(12-15-27)8-7-21-33-19-4-3-5-20-33/h6,9-18,22-23H,3-5,7-8,19-21H2,1-2H3. The molecule has 1 fully saturated rings. The van der Waals surface area contributed by atoms with E-state index in [4.69, 9.17) is 14.2 Å². The summed E-state index contributed by atoms with van der Waals surface area (Å²) >= 11 is 0. The Morgan fingerprint density at radius 3 is 2.25 bits per heavy atom. The predicted molar refractivity (Wildman–Crippen MR) is 148 cm³/mol. The highest BCUT2D eigenvalue weighted by molar-refractivity contribution is 5.96. The Morgan fingerprint density at radius 1 is 0.722 bits per heavy atom. The van der Waals surface area contributed by atoms with Crippen molar-refractivity contribution < 1.29 is 14.2 Å². The molecule has 0 bridgehead atoms. The Balaban J connectivity index is 1.39.